The van der Waals surface area contributed by atoms with Crippen LogP contribution in [0.4, 0.5) is 0 Å². The highest BCUT2D eigenvalue weighted by molar-refractivity contribution is 5.76. The Hall–Kier alpha value is -1.42. The Morgan fingerprint density at radius 3 is 2.45 bits per heavy atom. The number of carbonyl (C=O) groups excluding carboxylic acids is 1. The van der Waals surface area contributed by atoms with Crippen LogP contribution in [0, 0.1) is 5.92 Å². The van der Waals surface area contributed by atoms with Gasteiger partial charge in [-0.1, -0.05) is 19.9 Å². The van der Waals surface area contributed by atoms with Crippen molar-refractivity contribution >= 4 is 5.91 Å². The molecule has 1 aromatic heterocycles. The molecule has 2 heterocycles. The van der Waals surface area contributed by atoms with E-state index in [0.29, 0.717) is 24.3 Å². The van der Waals surface area contributed by atoms with Crippen LogP contribution in [-0.2, 0) is 4.79 Å². The fourth-order valence-electron chi connectivity index (χ4n) is 2.65. The minimum absolute atomic E-state index is 0.296. The van der Waals surface area contributed by atoms with Gasteiger partial charge in [-0.15, -0.1) is 0 Å². The molecule has 2 rings (SSSR count). The van der Waals surface area contributed by atoms with E-state index in [-0.39, 0.29) is 0 Å². The van der Waals surface area contributed by atoms with Crippen LogP contribution in [0.2, 0.25) is 0 Å². The van der Waals surface area contributed by atoms with Gasteiger partial charge in [0.1, 0.15) is 0 Å². The van der Waals surface area contributed by atoms with E-state index in [2.05, 4.69) is 36.7 Å². The zero-order valence-electron chi connectivity index (χ0n) is 12.7. The molecule has 1 aromatic rings. The lowest BCUT2D eigenvalue weighted by molar-refractivity contribution is -0.134. The summed E-state index contributed by atoms with van der Waals surface area (Å²) in [5.74, 6) is 0.734. The molecule has 0 aliphatic carbocycles. The van der Waals surface area contributed by atoms with Crippen molar-refractivity contribution in [3.63, 3.8) is 0 Å². The largest absolute Gasteiger partial charge is 0.340 e. The molecule has 1 aliphatic heterocycles. The van der Waals surface area contributed by atoms with Crippen LogP contribution >= 0.6 is 0 Å². The van der Waals surface area contributed by atoms with E-state index >= 15 is 0 Å². The number of pyridine rings is 1. The molecule has 0 spiro atoms. The minimum Gasteiger partial charge on any atom is -0.340 e. The number of amides is 1. The van der Waals surface area contributed by atoms with Crippen LogP contribution in [-0.4, -0.2) is 46.9 Å². The summed E-state index contributed by atoms with van der Waals surface area (Å²) in [6.07, 6.45) is 2.50. The zero-order valence-corrected chi connectivity index (χ0v) is 12.7. The van der Waals surface area contributed by atoms with Gasteiger partial charge in [0.15, 0.2) is 0 Å². The molecule has 1 atom stereocenters. The first-order valence-electron chi connectivity index (χ1n) is 7.50. The number of carbonyl (C=O) groups is 1. The molecular weight excluding hydrogens is 250 g/mol. The Labute approximate surface area is 121 Å². The third-order valence-corrected chi connectivity index (χ3v) is 3.91. The van der Waals surface area contributed by atoms with E-state index in [1.165, 1.54) is 0 Å². The average Bonchev–Trinajstić information content (AvgIpc) is 2.47. The van der Waals surface area contributed by atoms with Crippen LogP contribution < -0.4 is 0 Å². The summed E-state index contributed by atoms with van der Waals surface area (Å²) in [6, 6.07) is 6.36. The molecule has 0 saturated carbocycles. The Morgan fingerprint density at radius 2 is 1.90 bits per heavy atom. The maximum atomic E-state index is 12.1. The fraction of sp³-hybridized carbons (Fsp3) is 0.625. The molecular formula is C16H25N3O. The third kappa shape index (κ3) is 3.79. The molecule has 1 aliphatic rings. The lowest BCUT2D eigenvalue weighted by atomic mass is 10.1. The van der Waals surface area contributed by atoms with Crippen LogP contribution in [0.15, 0.2) is 24.4 Å². The van der Waals surface area contributed by atoms with E-state index in [1.807, 2.05) is 23.2 Å². The summed E-state index contributed by atoms with van der Waals surface area (Å²) >= 11 is 0. The molecule has 20 heavy (non-hydrogen) atoms. The van der Waals surface area contributed by atoms with Crippen LogP contribution in [0.3, 0.4) is 0 Å². The zero-order chi connectivity index (χ0) is 14.5. The Kier molecular flexibility index (Phi) is 5.12. The topological polar surface area (TPSA) is 36.4 Å². The van der Waals surface area contributed by atoms with Gasteiger partial charge in [-0.05, 0) is 25.0 Å². The van der Waals surface area contributed by atoms with E-state index < -0.39 is 0 Å². The quantitative estimate of drug-likeness (QED) is 0.846. The molecule has 1 fully saturated rings. The van der Waals surface area contributed by atoms with Gasteiger partial charge in [0.25, 0.3) is 0 Å². The van der Waals surface area contributed by atoms with Crippen LogP contribution in [0.5, 0.6) is 0 Å². The van der Waals surface area contributed by atoms with Crippen LogP contribution in [0.25, 0.3) is 0 Å². The molecule has 0 bridgehead atoms. The number of hydrogen-bond donors (Lipinski definition) is 0. The maximum Gasteiger partial charge on any atom is 0.222 e. The van der Waals surface area contributed by atoms with Crippen molar-refractivity contribution in [2.75, 3.05) is 26.2 Å². The summed E-state index contributed by atoms with van der Waals surface area (Å²) in [4.78, 5) is 20.9. The van der Waals surface area contributed by atoms with E-state index in [9.17, 15) is 4.79 Å². The molecule has 1 amide bonds. The Balaban J connectivity index is 1.87. The molecule has 110 valence electrons. The first-order valence-corrected chi connectivity index (χ1v) is 7.50. The van der Waals surface area contributed by atoms with E-state index in [4.69, 9.17) is 0 Å². The van der Waals surface area contributed by atoms with Gasteiger partial charge in [-0.3, -0.25) is 14.7 Å². The van der Waals surface area contributed by atoms with Crippen molar-refractivity contribution in [1.29, 1.82) is 0 Å². The second-order valence-corrected chi connectivity index (χ2v) is 5.95. The van der Waals surface area contributed by atoms with Crippen molar-refractivity contribution in [2.45, 2.75) is 33.2 Å². The van der Waals surface area contributed by atoms with Gasteiger partial charge in [0.05, 0.1) is 5.69 Å². The Morgan fingerprint density at radius 1 is 1.20 bits per heavy atom. The number of aromatic nitrogens is 1. The monoisotopic (exact) mass is 275 g/mol. The molecule has 0 radical (unpaired) electrons. The summed E-state index contributed by atoms with van der Waals surface area (Å²) in [5, 5.41) is 0. The predicted molar refractivity (Wildman–Crippen MR) is 80.3 cm³/mol. The normalized spacial score (nSPS) is 18.3. The average molecular weight is 275 g/mol. The molecule has 4 nitrogen and oxygen atoms in total. The summed E-state index contributed by atoms with van der Waals surface area (Å²) in [5.41, 5.74) is 1.11. The highest BCUT2D eigenvalue weighted by Gasteiger charge is 2.25. The van der Waals surface area contributed by atoms with Gasteiger partial charge in [0, 0.05) is 44.8 Å². The number of nitrogens with zero attached hydrogens (tertiary/aromatic N) is 3. The highest BCUT2D eigenvalue weighted by Crippen LogP contribution is 2.20. The second kappa shape index (κ2) is 6.84. The molecule has 1 saturated heterocycles. The SMILES string of the molecule is CC(C)CC(=O)N1CCN(C(C)c2ccccn2)CC1. The summed E-state index contributed by atoms with van der Waals surface area (Å²) < 4.78 is 0. The first kappa shape index (κ1) is 15.0. The van der Waals surface area contributed by atoms with Gasteiger partial charge in [-0.2, -0.15) is 0 Å². The van der Waals surface area contributed by atoms with Crippen molar-refractivity contribution in [3.8, 4) is 0 Å². The number of piperazine rings is 1. The second-order valence-electron chi connectivity index (χ2n) is 5.95. The first-order chi connectivity index (χ1) is 9.58. The summed E-state index contributed by atoms with van der Waals surface area (Å²) in [7, 11) is 0. The molecule has 4 heteroatoms. The summed E-state index contributed by atoms with van der Waals surface area (Å²) in [6.45, 7) is 9.91. The van der Waals surface area contributed by atoms with E-state index in [0.717, 1.165) is 31.9 Å². The molecule has 0 N–H and O–H groups in total. The minimum atomic E-state index is 0.296. The third-order valence-electron chi connectivity index (χ3n) is 3.91. The predicted octanol–water partition coefficient (Wildman–Crippen LogP) is 2.33. The molecule has 1 unspecified atom stereocenters. The standard InChI is InChI=1S/C16H25N3O/c1-13(2)12-16(20)19-10-8-18(9-11-19)14(3)15-6-4-5-7-17-15/h4-7,13-14H,8-12H2,1-3H3. The molecule has 0 aromatic carbocycles. The van der Waals surface area contributed by atoms with Gasteiger partial charge < -0.3 is 4.90 Å². The highest BCUT2D eigenvalue weighted by atomic mass is 16.2. The van der Waals surface area contributed by atoms with Gasteiger partial charge in [-0.25, -0.2) is 0 Å². The van der Waals surface area contributed by atoms with Crippen LogP contribution in [0.1, 0.15) is 38.9 Å². The van der Waals surface area contributed by atoms with Crippen molar-refractivity contribution in [1.82, 2.24) is 14.8 Å². The van der Waals surface area contributed by atoms with Gasteiger partial charge in [0.2, 0.25) is 5.91 Å². The van der Waals surface area contributed by atoms with Crippen molar-refractivity contribution in [3.05, 3.63) is 30.1 Å². The fourth-order valence-corrected chi connectivity index (χ4v) is 2.65. The number of rotatable bonds is 4. The van der Waals surface area contributed by atoms with Crippen molar-refractivity contribution < 1.29 is 4.79 Å². The maximum absolute atomic E-state index is 12.1. The van der Waals surface area contributed by atoms with Crippen molar-refractivity contribution in [2.24, 2.45) is 5.92 Å². The van der Waals surface area contributed by atoms with Gasteiger partial charge >= 0.3 is 0 Å². The lowest BCUT2D eigenvalue weighted by Crippen LogP contribution is -2.49. The smallest absolute Gasteiger partial charge is 0.222 e. The Bertz CT molecular complexity index is 425. The van der Waals surface area contributed by atoms with E-state index in [1.54, 1.807) is 0 Å². The lowest BCUT2D eigenvalue weighted by Gasteiger charge is -2.38. The number of hydrogen-bond acceptors (Lipinski definition) is 3.